The quantitative estimate of drug-likeness (QED) is 0.493. The molecule has 1 N–H and O–H groups in total. The zero-order chi connectivity index (χ0) is 19.4. The summed E-state index contributed by atoms with van der Waals surface area (Å²) in [4.78, 5) is 43.8. The third kappa shape index (κ3) is 4.08. The molecule has 3 aromatic rings. The average molecular weight is 388 g/mol. The van der Waals surface area contributed by atoms with Crippen molar-refractivity contribution in [3.8, 4) is 0 Å². The highest BCUT2D eigenvalue weighted by molar-refractivity contribution is 7.10. The van der Waals surface area contributed by atoms with E-state index in [0.717, 1.165) is 17.7 Å². The van der Waals surface area contributed by atoms with E-state index in [9.17, 15) is 14.4 Å². The Hall–Kier alpha value is -2.94. The SMILES string of the molecule is CCCCn1c(=O)[nH]c(=O)c2c1nc(COC(=O)/C=C/c1cccs1)n2C. The normalized spacial score (nSPS) is 11.5. The van der Waals surface area contributed by atoms with Gasteiger partial charge in [0.2, 0.25) is 0 Å². The van der Waals surface area contributed by atoms with Crippen LogP contribution in [0.4, 0.5) is 0 Å². The molecule has 0 aliphatic rings. The number of H-pyrrole nitrogens is 1. The van der Waals surface area contributed by atoms with Crippen molar-refractivity contribution in [1.82, 2.24) is 19.1 Å². The Labute approximate surface area is 158 Å². The van der Waals surface area contributed by atoms with Crippen LogP contribution in [0.2, 0.25) is 0 Å². The van der Waals surface area contributed by atoms with Crippen molar-refractivity contribution in [2.45, 2.75) is 32.9 Å². The first kappa shape index (κ1) is 18.8. The summed E-state index contributed by atoms with van der Waals surface area (Å²) >= 11 is 1.51. The Morgan fingerprint density at radius 2 is 2.22 bits per heavy atom. The molecule has 0 spiro atoms. The van der Waals surface area contributed by atoms with Crippen LogP contribution in [-0.2, 0) is 29.7 Å². The molecule has 3 rings (SSSR count). The van der Waals surface area contributed by atoms with E-state index in [2.05, 4.69) is 9.97 Å². The number of rotatable bonds is 7. The lowest BCUT2D eigenvalue weighted by atomic mass is 10.3. The number of thiophene rings is 1. The Morgan fingerprint density at radius 1 is 1.41 bits per heavy atom. The van der Waals surface area contributed by atoms with E-state index in [0.29, 0.717) is 18.0 Å². The summed E-state index contributed by atoms with van der Waals surface area (Å²) in [6.45, 7) is 2.38. The first-order valence-electron chi connectivity index (χ1n) is 8.58. The molecular formula is C18H20N4O4S. The molecule has 0 aliphatic carbocycles. The molecule has 0 aromatic carbocycles. The lowest BCUT2D eigenvalue weighted by Crippen LogP contribution is -2.31. The maximum atomic E-state index is 12.2. The molecule has 0 saturated carbocycles. The van der Waals surface area contributed by atoms with Crippen LogP contribution >= 0.6 is 11.3 Å². The van der Waals surface area contributed by atoms with Gasteiger partial charge in [0.1, 0.15) is 12.4 Å². The summed E-state index contributed by atoms with van der Waals surface area (Å²) in [6.07, 6.45) is 4.71. The highest BCUT2D eigenvalue weighted by Gasteiger charge is 2.17. The largest absolute Gasteiger partial charge is 0.454 e. The number of carbonyl (C=O) groups excluding carboxylic acids is 1. The molecule has 0 atom stereocenters. The Morgan fingerprint density at radius 3 is 2.93 bits per heavy atom. The van der Waals surface area contributed by atoms with E-state index in [1.54, 1.807) is 17.7 Å². The van der Waals surface area contributed by atoms with Gasteiger partial charge >= 0.3 is 11.7 Å². The van der Waals surface area contributed by atoms with Crippen LogP contribution in [0.25, 0.3) is 17.2 Å². The molecule has 0 bridgehead atoms. The fourth-order valence-electron chi connectivity index (χ4n) is 2.66. The number of imidazole rings is 1. The second kappa shape index (κ2) is 8.17. The van der Waals surface area contributed by atoms with E-state index in [1.807, 2.05) is 24.4 Å². The van der Waals surface area contributed by atoms with Crippen molar-refractivity contribution in [1.29, 1.82) is 0 Å². The molecule has 27 heavy (non-hydrogen) atoms. The molecular weight excluding hydrogens is 368 g/mol. The first-order valence-corrected chi connectivity index (χ1v) is 9.46. The minimum atomic E-state index is -0.507. The van der Waals surface area contributed by atoms with Crippen LogP contribution < -0.4 is 11.2 Å². The molecule has 0 aliphatic heterocycles. The second-order valence-electron chi connectivity index (χ2n) is 5.98. The van der Waals surface area contributed by atoms with Crippen molar-refractivity contribution in [2.24, 2.45) is 7.05 Å². The number of hydrogen-bond acceptors (Lipinski definition) is 6. The highest BCUT2D eigenvalue weighted by atomic mass is 32.1. The molecule has 142 valence electrons. The fraction of sp³-hybridized carbons (Fsp3) is 0.333. The number of aryl methyl sites for hydroxylation is 2. The summed E-state index contributed by atoms with van der Waals surface area (Å²) in [7, 11) is 1.66. The minimum Gasteiger partial charge on any atom is -0.454 e. The summed E-state index contributed by atoms with van der Waals surface area (Å²) < 4.78 is 8.22. The molecule has 9 heteroatoms. The third-order valence-electron chi connectivity index (χ3n) is 4.11. The Bertz CT molecular complexity index is 1090. The van der Waals surface area contributed by atoms with Gasteiger partial charge in [0.05, 0.1) is 0 Å². The number of aromatic amines is 1. The lowest BCUT2D eigenvalue weighted by Gasteiger charge is -2.04. The van der Waals surface area contributed by atoms with Crippen molar-refractivity contribution in [2.75, 3.05) is 0 Å². The van der Waals surface area contributed by atoms with Gasteiger partial charge in [0, 0.05) is 24.5 Å². The number of fused-ring (bicyclic) bond motifs is 1. The number of unbranched alkanes of at least 4 members (excludes halogenated alkanes) is 1. The summed E-state index contributed by atoms with van der Waals surface area (Å²) in [5.74, 6) is -0.114. The van der Waals surface area contributed by atoms with Crippen molar-refractivity contribution in [3.63, 3.8) is 0 Å². The van der Waals surface area contributed by atoms with Crippen LogP contribution in [0.3, 0.4) is 0 Å². The second-order valence-corrected chi connectivity index (χ2v) is 6.96. The van der Waals surface area contributed by atoms with Gasteiger partial charge in [-0.25, -0.2) is 14.6 Å². The summed E-state index contributed by atoms with van der Waals surface area (Å²) in [5, 5.41) is 1.92. The van der Waals surface area contributed by atoms with Gasteiger partial charge < -0.3 is 9.30 Å². The average Bonchev–Trinajstić information content (AvgIpc) is 3.26. The van der Waals surface area contributed by atoms with Crippen LogP contribution in [0, 0.1) is 0 Å². The topological polar surface area (TPSA) is 99.0 Å². The summed E-state index contributed by atoms with van der Waals surface area (Å²) in [6, 6.07) is 3.78. The number of esters is 1. The Balaban J connectivity index is 1.83. The molecule has 3 heterocycles. The number of hydrogen-bond donors (Lipinski definition) is 1. The summed E-state index contributed by atoms with van der Waals surface area (Å²) in [5.41, 5.74) is -0.403. The van der Waals surface area contributed by atoms with E-state index in [1.165, 1.54) is 22.0 Å². The maximum Gasteiger partial charge on any atom is 0.331 e. The fourth-order valence-corrected chi connectivity index (χ4v) is 3.28. The van der Waals surface area contributed by atoms with Crippen molar-refractivity contribution >= 4 is 34.5 Å². The van der Waals surface area contributed by atoms with Crippen LogP contribution in [0.15, 0.2) is 33.2 Å². The molecule has 0 unspecified atom stereocenters. The molecule has 3 aromatic heterocycles. The van der Waals surface area contributed by atoms with Crippen molar-refractivity contribution < 1.29 is 9.53 Å². The predicted molar refractivity (Wildman–Crippen MR) is 104 cm³/mol. The van der Waals surface area contributed by atoms with E-state index < -0.39 is 17.2 Å². The predicted octanol–water partition coefficient (Wildman–Crippen LogP) is 2.04. The van der Waals surface area contributed by atoms with Crippen molar-refractivity contribution in [3.05, 3.63) is 55.1 Å². The van der Waals surface area contributed by atoms with Gasteiger partial charge in [-0.05, 0) is 23.9 Å². The zero-order valence-electron chi connectivity index (χ0n) is 15.1. The van der Waals surface area contributed by atoms with Gasteiger partial charge in [0.25, 0.3) is 5.56 Å². The van der Waals surface area contributed by atoms with Gasteiger partial charge in [-0.1, -0.05) is 19.4 Å². The van der Waals surface area contributed by atoms with Gasteiger partial charge in [0.15, 0.2) is 11.2 Å². The number of nitrogens with zero attached hydrogens (tertiary/aromatic N) is 3. The molecule has 0 radical (unpaired) electrons. The standard InChI is InChI=1S/C18H20N4O4S/c1-3-4-9-22-16-15(17(24)20-18(22)25)21(2)13(19-16)11-26-14(23)8-7-12-6-5-10-27-12/h5-8,10H,3-4,9,11H2,1-2H3,(H,20,24,25)/b8-7+. The highest BCUT2D eigenvalue weighted by Crippen LogP contribution is 2.12. The van der Waals surface area contributed by atoms with Crippen LogP contribution in [0.5, 0.6) is 0 Å². The number of aromatic nitrogens is 4. The third-order valence-corrected chi connectivity index (χ3v) is 4.95. The number of nitrogens with one attached hydrogen (secondary N) is 1. The molecule has 0 saturated heterocycles. The first-order chi connectivity index (χ1) is 13.0. The smallest absolute Gasteiger partial charge is 0.331 e. The molecule has 8 nitrogen and oxygen atoms in total. The van der Waals surface area contributed by atoms with E-state index in [4.69, 9.17) is 4.74 Å². The van der Waals surface area contributed by atoms with Crippen LogP contribution in [0.1, 0.15) is 30.5 Å². The number of ether oxygens (including phenoxy) is 1. The molecule has 0 amide bonds. The van der Waals surface area contributed by atoms with Gasteiger partial charge in [-0.2, -0.15) is 0 Å². The van der Waals surface area contributed by atoms with E-state index in [-0.39, 0.29) is 12.1 Å². The van der Waals surface area contributed by atoms with Gasteiger partial charge in [-0.3, -0.25) is 14.3 Å². The van der Waals surface area contributed by atoms with E-state index >= 15 is 0 Å². The minimum absolute atomic E-state index is 0.0970. The zero-order valence-corrected chi connectivity index (χ0v) is 15.9. The number of carbonyl (C=O) groups is 1. The lowest BCUT2D eigenvalue weighted by molar-refractivity contribution is -0.139. The maximum absolute atomic E-state index is 12.2. The van der Waals surface area contributed by atoms with Crippen LogP contribution in [-0.4, -0.2) is 25.1 Å². The van der Waals surface area contributed by atoms with Gasteiger partial charge in [-0.15, -0.1) is 11.3 Å². The monoisotopic (exact) mass is 388 g/mol. The Kier molecular flexibility index (Phi) is 5.70. The molecule has 0 fully saturated rings.